The maximum Gasteiger partial charge on any atom is 0.133 e. The standard InChI is InChI=1S/C19H28N2O/c1-16-14-20(15-17-6-3-2-4-7-17)12-5-13-21(16)18-8-10-19(22)11-9-18/h2-4,6-7,16,18H,5,8-15H2,1H3. The molecule has 120 valence electrons. The van der Waals surface area contributed by atoms with Crippen LogP contribution in [0.4, 0.5) is 0 Å². The average molecular weight is 300 g/mol. The van der Waals surface area contributed by atoms with Gasteiger partial charge in [0, 0.05) is 38.0 Å². The fraction of sp³-hybridized carbons (Fsp3) is 0.632. The fourth-order valence-corrected chi connectivity index (χ4v) is 4.05. The minimum atomic E-state index is 0.462. The molecule has 1 unspecified atom stereocenters. The van der Waals surface area contributed by atoms with Crippen molar-refractivity contribution in [3.05, 3.63) is 35.9 Å². The lowest BCUT2D eigenvalue weighted by Crippen LogP contribution is -2.46. The van der Waals surface area contributed by atoms with Gasteiger partial charge in [0.1, 0.15) is 5.78 Å². The van der Waals surface area contributed by atoms with Gasteiger partial charge in [-0.3, -0.25) is 14.6 Å². The minimum absolute atomic E-state index is 0.462. The van der Waals surface area contributed by atoms with Gasteiger partial charge in [-0.05, 0) is 44.8 Å². The van der Waals surface area contributed by atoms with Gasteiger partial charge in [-0.2, -0.15) is 0 Å². The van der Waals surface area contributed by atoms with Gasteiger partial charge in [0.2, 0.25) is 0 Å². The predicted octanol–water partition coefficient (Wildman–Crippen LogP) is 3.09. The van der Waals surface area contributed by atoms with E-state index in [9.17, 15) is 4.79 Å². The van der Waals surface area contributed by atoms with E-state index in [0.717, 1.165) is 38.8 Å². The van der Waals surface area contributed by atoms with E-state index in [4.69, 9.17) is 0 Å². The summed E-state index contributed by atoms with van der Waals surface area (Å²) in [6, 6.07) is 12.0. The molecule has 1 saturated heterocycles. The molecule has 1 aliphatic carbocycles. The van der Waals surface area contributed by atoms with E-state index < -0.39 is 0 Å². The number of ketones is 1. The van der Waals surface area contributed by atoms with E-state index in [1.165, 1.54) is 25.1 Å². The normalized spacial score (nSPS) is 26.0. The van der Waals surface area contributed by atoms with Crippen LogP contribution in [0.15, 0.2) is 30.3 Å². The van der Waals surface area contributed by atoms with Crippen LogP contribution in [0.1, 0.15) is 44.6 Å². The van der Waals surface area contributed by atoms with Crippen LogP contribution in [0.25, 0.3) is 0 Å². The first-order valence-electron chi connectivity index (χ1n) is 8.76. The number of hydrogen-bond donors (Lipinski definition) is 0. The molecule has 1 atom stereocenters. The zero-order valence-corrected chi connectivity index (χ0v) is 13.7. The number of nitrogens with zero attached hydrogens (tertiary/aromatic N) is 2. The Kier molecular flexibility index (Phi) is 5.27. The number of rotatable bonds is 3. The number of Topliss-reactive ketones (excluding diaryl/α,β-unsaturated/α-hetero) is 1. The Morgan fingerprint density at radius 3 is 2.55 bits per heavy atom. The molecule has 0 aromatic heterocycles. The van der Waals surface area contributed by atoms with Gasteiger partial charge in [-0.25, -0.2) is 0 Å². The number of carbonyl (C=O) groups excluding carboxylic acids is 1. The topological polar surface area (TPSA) is 23.6 Å². The van der Waals surface area contributed by atoms with E-state index >= 15 is 0 Å². The van der Waals surface area contributed by atoms with Gasteiger partial charge in [0.05, 0.1) is 0 Å². The smallest absolute Gasteiger partial charge is 0.133 e. The maximum absolute atomic E-state index is 11.5. The average Bonchev–Trinajstić information content (AvgIpc) is 2.71. The molecule has 0 N–H and O–H groups in total. The molecule has 1 heterocycles. The van der Waals surface area contributed by atoms with E-state index in [-0.39, 0.29) is 0 Å². The minimum Gasteiger partial charge on any atom is -0.300 e. The van der Waals surface area contributed by atoms with Crippen LogP contribution in [0, 0.1) is 0 Å². The molecule has 3 nitrogen and oxygen atoms in total. The van der Waals surface area contributed by atoms with Crippen LogP contribution in [-0.2, 0) is 11.3 Å². The van der Waals surface area contributed by atoms with Gasteiger partial charge in [0.15, 0.2) is 0 Å². The fourth-order valence-electron chi connectivity index (χ4n) is 4.05. The Bertz CT molecular complexity index is 477. The first-order chi connectivity index (χ1) is 10.7. The molecule has 0 spiro atoms. The highest BCUT2D eigenvalue weighted by atomic mass is 16.1. The third kappa shape index (κ3) is 3.96. The predicted molar refractivity (Wildman–Crippen MR) is 89.8 cm³/mol. The van der Waals surface area contributed by atoms with Crippen LogP contribution >= 0.6 is 0 Å². The van der Waals surface area contributed by atoms with Crippen LogP contribution in [-0.4, -0.2) is 47.3 Å². The molecular weight excluding hydrogens is 272 g/mol. The van der Waals surface area contributed by atoms with E-state index in [1.54, 1.807) is 0 Å². The molecule has 22 heavy (non-hydrogen) atoms. The second-order valence-electron chi connectivity index (χ2n) is 6.93. The maximum atomic E-state index is 11.5. The Balaban J connectivity index is 1.58. The van der Waals surface area contributed by atoms with E-state index in [2.05, 4.69) is 47.1 Å². The highest BCUT2D eigenvalue weighted by Crippen LogP contribution is 2.24. The lowest BCUT2D eigenvalue weighted by Gasteiger charge is -2.37. The molecule has 3 heteroatoms. The number of benzene rings is 1. The molecule has 0 radical (unpaired) electrons. The summed E-state index contributed by atoms with van der Waals surface area (Å²) < 4.78 is 0. The van der Waals surface area contributed by atoms with Crippen molar-refractivity contribution in [2.75, 3.05) is 19.6 Å². The molecule has 0 bridgehead atoms. The molecular formula is C19H28N2O. The molecule has 0 amide bonds. The van der Waals surface area contributed by atoms with Gasteiger partial charge >= 0.3 is 0 Å². The van der Waals surface area contributed by atoms with Gasteiger partial charge < -0.3 is 0 Å². The van der Waals surface area contributed by atoms with Crippen LogP contribution in [0.5, 0.6) is 0 Å². The van der Waals surface area contributed by atoms with Gasteiger partial charge in [-0.15, -0.1) is 0 Å². The summed E-state index contributed by atoms with van der Waals surface area (Å²) in [6.07, 6.45) is 4.97. The van der Waals surface area contributed by atoms with Crippen LogP contribution in [0.3, 0.4) is 0 Å². The third-order valence-corrected chi connectivity index (χ3v) is 5.21. The lowest BCUT2D eigenvalue weighted by atomic mass is 9.92. The van der Waals surface area contributed by atoms with Crippen molar-refractivity contribution in [1.29, 1.82) is 0 Å². The highest BCUT2D eigenvalue weighted by Gasteiger charge is 2.30. The lowest BCUT2D eigenvalue weighted by molar-refractivity contribution is -0.121. The second-order valence-corrected chi connectivity index (χ2v) is 6.93. The van der Waals surface area contributed by atoms with Crippen molar-refractivity contribution in [3.8, 4) is 0 Å². The first kappa shape index (κ1) is 15.7. The zero-order valence-electron chi connectivity index (χ0n) is 13.7. The monoisotopic (exact) mass is 300 g/mol. The molecule has 1 aromatic rings. The van der Waals surface area contributed by atoms with E-state index in [1.807, 2.05) is 0 Å². The quantitative estimate of drug-likeness (QED) is 0.857. The molecule has 1 saturated carbocycles. The summed E-state index contributed by atoms with van der Waals surface area (Å²) in [5.41, 5.74) is 1.41. The Morgan fingerprint density at radius 2 is 1.82 bits per heavy atom. The van der Waals surface area contributed by atoms with Crippen molar-refractivity contribution in [1.82, 2.24) is 9.80 Å². The highest BCUT2D eigenvalue weighted by molar-refractivity contribution is 5.79. The summed E-state index contributed by atoms with van der Waals surface area (Å²) in [7, 11) is 0. The van der Waals surface area contributed by atoms with Crippen LogP contribution in [0.2, 0.25) is 0 Å². The van der Waals surface area contributed by atoms with Gasteiger partial charge in [-0.1, -0.05) is 30.3 Å². The largest absolute Gasteiger partial charge is 0.300 e. The van der Waals surface area contributed by atoms with Crippen LogP contribution < -0.4 is 0 Å². The number of hydrogen-bond acceptors (Lipinski definition) is 3. The molecule has 2 aliphatic rings. The van der Waals surface area contributed by atoms with Crippen molar-refractivity contribution in [2.45, 2.75) is 57.7 Å². The summed E-state index contributed by atoms with van der Waals surface area (Å²) in [5.74, 6) is 0.462. The summed E-state index contributed by atoms with van der Waals surface area (Å²) in [6.45, 7) is 6.92. The number of carbonyl (C=O) groups is 1. The summed E-state index contributed by atoms with van der Waals surface area (Å²) in [5, 5.41) is 0. The summed E-state index contributed by atoms with van der Waals surface area (Å²) in [4.78, 5) is 16.7. The molecule has 1 aliphatic heterocycles. The van der Waals surface area contributed by atoms with Gasteiger partial charge in [0.25, 0.3) is 0 Å². The van der Waals surface area contributed by atoms with Crippen molar-refractivity contribution in [3.63, 3.8) is 0 Å². The first-order valence-corrected chi connectivity index (χ1v) is 8.76. The second kappa shape index (κ2) is 7.38. The Morgan fingerprint density at radius 1 is 1.09 bits per heavy atom. The molecule has 3 rings (SSSR count). The third-order valence-electron chi connectivity index (χ3n) is 5.21. The van der Waals surface area contributed by atoms with Crippen molar-refractivity contribution in [2.24, 2.45) is 0 Å². The summed E-state index contributed by atoms with van der Waals surface area (Å²) >= 11 is 0. The van der Waals surface area contributed by atoms with E-state index in [0.29, 0.717) is 17.9 Å². The Hall–Kier alpha value is -1.19. The molecule has 2 fully saturated rings. The SMILES string of the molecule is CC1CN(Cc2ccccc2)CCCN1C1CCC(=O)CC1. The molecule has 1 aromatic carbocycles. The van der Waals surface area contributed by atoms with Crippen molar-refractivity contribution >= 4 is 5.78 Å². The van der Waals surface area contributed by atoms with Crippen molar-refractivity contribution < 1.29 is 4.79 Å². The Labute approximate surface area is 134 Å². The zero-order chi connectivity index (χ0) is 15.4.